The van der Waals surface area contributed by atoms with Gasteiger partial charge in [0.1, 0.15) is 16.5 Å². The van der Waals surface area contributed by atoms with Gasteiger partial charge in [0.05, 0.1) is 5.69 Å². The summed E-state index contributed by atoms with van der Waals surface area (Å²) in [6.45, 7) is 0. The molecule has 0 saturated heterocycles. The predicted molar refractivity (Wildman–Crippen MR) is 72.5 cm³/mol. The summed E-state index contributed by atoms with van der Waals surface area (Å²) in [6.07, 6.45) is 2.59. The lowest BCUT2D eigenvalue weighted by Gasteiger charge is -2.09. The van der Waals surface area contributed by atoms with E-state index in [4.69, 9.17) is 11.1 Å². The smallest absolute Gasteiger partial charge is 0.263 e. The average Bonchev–Trinajstić information content (AvgIpc) is 2.41. The van der Waals surface area contributed by atoms with E-state index in [0.29, 0.717) is 0 Å². The van der Waals surface area contributed by atoms with E-state index in [-0.39, 0.29) is 22.0 Å². The van der Waals surface area contributed by atoms with Gasteiger partial charge in [-0.15, -0.1) is 0 Å². The van der Waals surface area contributed by atoms with Gasteiger partial charge in [0.15, 0.2) is 0 Å². The molecule has 8 heteroatoms. The maximum Gasteiger partial charge on any atom is 0.263 e. The minimum Gasteiger partial charge on any atom is -0.384 e. The Bertz CT molecular complexity index is 747. The number of halogens is 1. The average molecular weight is 294 g/mol. The monoisotopic (exact) mass is 294 g/mol. The number of anilines is 1. The van der Waals surface area contributed by atoms with Crippen LogP contribution in [0.5, 0.6) is 0 Å². The van der Waals surface area contributed by atoms with Crippen LogP contribution in [0.4, 0.5) is 10.1 Å². The summed E-state index contributed by atoms with van der Waals surface area (Å²) in [6, 6.07) is 6.36. The molecule has 0 atom stereocenters. The molecule has 20 heavy (non-hydrogen) atoms. The number of nitrogens with two attached hydrogens (primary N) is 1. The van der Waals surface area contributed by atoms with E-state index in [9.17, 15) is 12.8 Å². The van der Waals surface area contributed by atoms with E-state index in [1.807, 2.05) is 0 Å². The molecule has 0 aliphatic rings. The largest absolute Gasteiger partial charge is 0.384 e. The molecule has 104 valence electrons. The first-order valence-electron chi connectivity index (χ1n) is 5.47. The number of benzene rings is 1. The fourth-order valence-electron chi connectivity index (χ4n) is 1.48. The number of sulfonamides is 1. The predicted octanol–water partition coefficient (Wildman–Crippen LogP) is 1.31. The summed E-state index contributed by atoms with van der Waals surface area (Å²) in [5.74, 6) is -1.12. The number of amidine groups is 1. The lowest BCUT2D eigenvalue weighted by atomic mass is 10.2. The number of pyridine rings is 1. The summed E-state index contributed by atoms with van der Waals surface area (Å²) >= 11 is 0. The highest BCUT2D eigenvalue weighted by molar-refractivity contribution is 7.92. The number of nitrogens with one attached hydrogen (secondary N) is 2. The van der Waals surface area contributed by atoms with Crippen LogP contribution < -0.4 is 10.5 Å². The second-order valence-electron chi connectivity index (χ2n) is 3.90. The Morgan fingerprint density at radius 1 is 1.35 bits per heavy atom. The zero-order valence-corrected chi connectivity index (χ0v) is 11.0. The molecule has 0 unspecified atom stereocenters. The molecule has 1 aromatic carbocycles. The van der Waals surface area contributed by atoms with E-state index in [2.05, 4.69) is 9.71 Å². The Kier molecular flexibility index (Phi) is 3.66. The highest BCUT2D eigenvalue weighted by Gasteiger charge is 2.16. The molecule has 0 aliphatic carbocycles. The molecule has 0 aliphatic heterocycles. The lowest BCUT2D eigenvalue weighted by molar-refractivity contribution is 0.598. The van der Waals surface area contributed by atoms with Gasteiger partial charge in [-0.2, -0.15) is 0 Å². The zero-order valence-electron chi connectivity index (χ0n) is 10.2. The molecule has 1 heterocycles. The SMILES string of the molecule is N=C(N)c1ccc(NS(=O)(=O)c2cccnc2)c(F)c1. The van der Waals surface area contributed by atoms with Crippen molar-refractivity contribution in [3.63, 3.8) is 0 Å². The van der Waals surface area contributed by atoms with Crippen molar-refractivity contribution < 1.29 is 12.8 Å². The molecule has 0 fully saturated rings. The van der Waals surface area contributed by atoms with Crippen LogP contribution >= 0.6 is 0 Å². The molecule has 0 amide bonds. The second-order valence-corrected chi connectivity index (χ2v) is 5.58. The van der Waals surface area contributed by atoms with Gasteiger partial charge in [0.2, 0.25) is 0 Å². The van der Waals surface area contributed by atoms with Crippen molar-refractivity contribution in [3.8, 4) is 0 Å². The maximum absolute atomic E-state index is 13.8. The summed E-state index contributed by atoms with van der Waals surface area (Å²) in [7, 11) is -3.91. The third-order valence-corrected chi connectivity index (χ3v) is 3.82. The summed E-state index contributed by atoms with van der Waals surface area (Å²) in [4.78, 5) is 3.62. The van der Waals surface area contributed by atoms with Gasteiger partial charge in [0.25, 0.3) is 10.0 Å². The van der Waals surface area contributed by atoms with Crippen molar-refractivity contribution in [2.24, 2.45) is 5.73 Å². The number of hydrogen-bond acceptors (Lipinski definition) is 4. The van der Waals surface area contributed by atoms with Crippen LogP contribution in [0, 0.1) is 11.2 Å². The fourth-order valence-corrected chi connectivity index (χ4v) is 2.51. The van der Waals surface area contributed by atoms with E-state index in [1.54, 1.807) is 0 Å². The minimum absolute atomic E-state index is 0.0740. The third kappa shape index (κ3) is 2.91. The van der Waals surface area contributed by atoms with Gasteiger partial charge in [-0.05, 0) is 30.3 Å². The van der Waals surface area contributed by atoms with Crippen molar-refractivity contribution in [2.75, 3.05) is 4.72 Å². The quantitative estimate of drug-likeness (QED) is 0.583. The van der Waals surface area contributed by atoms with E-state index < -0.39 is 15.8 Å². The van der Waals surface area contributed by atoms with Crippen molar-refractivity contribution in [2.45, 2.75) is 4.90 Å². The van der Waals surface area contributed by atoms with Gasteiger partial charge in [-0.3, -0.25) is 15.1 Å². The van der Waals surface area contributed by atoms with E-state index in [0.717, 1.165) is 12.3 Å². The first-order valence-corrected chi connectivity index (χ1v) is 6.95. The van der Waals surface area contributed by atoms with Crippen LogP contribution in [0.3, 0.4) is 0 Å². The molecule has 0 bridgehead atoms. The van der Waals surface area contributed by atoms with Gasteiger partial charge in [-0.25, -0.2) is 12.8 Å². The highest BCUT2D eigenvalue weighted by Crippen LogP contribution is 2.19. The van der Waals surface area contributed by atoms with Gasteiger partial charge in [-0.1, -0.05) is 0 Å². The van der Waals surface area contributed by atoms with Crippen LogP contribution in [0.2, 0.25) is 0 Å². The first-order chi connectivity index (χ1) is 9.40. The van der Waals surface area contributed by atoms with Crippen LogP contribution in [0.15, 0.2) is 47.6 Å². The highest BCUT2D eigenvalue weighted by atomic mass is 32.2. The Labute approximate surface area is 115 Å². The van der Waals surface area contributed by atoms with Crippen molar-refractivity contribution in [1.29, 1.82) is 5.41 Å². The molecule has 0 saturated carbocycles. The molecule has 0 radical (unpaired) electrons. The van der Waals surface area contributed by atoms with Crippen molar-refractivity contribution in [1.82, 2.24) is 4.98 Å². The molecule has 6 nitrogen and oxygen atoms in total. The first kappa shape index (κ1) is 13.9. The van der Waals surface area contributed by atoms with Crippen molar-refractivity contribution >= 4 is 21.5 Å². The summed E-state index contributed by atoms with van der Waals surface area (Å²) < 4.78 is 39.9. The summed E-state index contributed by atoms with van der Waals surface area (Å²) in [5.41, 5.74) is 5.17. The molecular formula is C12H11FN4O2S. The zero-order chi connectivity index (χ0) is 14.8. The van der Waals surface area contributed by atoms with Gasteiger partial charge in [0, 0.05) is 18.0 Å². The molecule has 4 N–H and O–H groups in total. The fraction of sp³-hybridized carbons (Fsp3) is 0. The minimum atomic E-state index is -3.91. The molecule has 2 rings (SSSR count). The second kappa shape index (κ2) is 5.25. The topological polar surface area (TPSA) is 109 Å². The number of hydrogen-bond donors (Lipinski definition) is 3. The Hall–Kier alpha value is -2.48. The van der Waals surface area contributed by atoms with Crippen molar-refractivity contribution in [3.05, 3.63) is 54.1 Å². The number of rotatable bonds is 4. The number of aromatic nitrogens is 1. The molecular weight excluding hydrogens is 283 g/mol. The lowest BCUT2D eigenvalue weighted by Crippen LogP contribution is -2.15. The van der Waals surface area contributed by atoms with Crippen LogP contribution in [-0.4, -0.2) is 19.2 Å². The molecule has 2 aromatic rings. The molecule has 0 spiro atoms. The number of nitrogens with zero attached hydrogens (tertiary/aromatic N) is 1. The van der Waals surface area contributed by atoms with E-state index >= 15 is 0 Å². The van der Waals surface area contributed by atoms with Crippen LogP contribution in [0.1, 0.15) is 5.56 Å². The maximum atomic E-state index is 13.8. The Morgan fingerprint density at radius 3 is 2.65 bits per heavy atom. The summed E-state index contributed by atoms with van der Waals surface area (Å²) in [5, 5.41) is 7.18. The Morgan fingerprint density at radius 2 is 2.10 bits per heavy atom. The van der Waals surface area contributed by atoms with Crippen LogP contribution in [-0.2, 0) is 10.0 Å². The Balaban J connectivity index is 2.33. The van der Waals surface area contributed by atoms with Gasteiger partial charge < -0.3 is 5.73 Å². The van der Waals surface area contributed by atoms with E-state index in [1.165, 1.54) is 30.5 Å². The normalized spacial score (nSPS) is 11.1. The van der Waals surface area contributed by atoms with Crippen LogP contribution in [0.25, 0.3) is 0 Å². The molecule has 1 aromatic heterocycles. The standard InChI is InChI=1S/C12H11FN4O2S/c13-10-6-8(12(14)15)3-4-11(10)17-20(18,19)9-2-1-5-16-7-9/h1-7,17H,(H3,14,15). The third-order valence-electron chi connectivity index (χ3n) is 2.47. The van der Waals surface area contributed by atoms with Gasteiger partial charge >= 0.3 is 0 Å². The number of nitrogen functional groups attached to an aromatic ring is 1.